The van der Waals surface area contributed by atoms with Crippen LogP contribution in [0.1, 0.15) is 198 Å². The van der Waals surface area contributed by atoms with Crippen molar-refractivity contribution in [1.29, 1.82) is 10.8 Å². The molecule has 0 bridgehead atoms. The van der Waals surface area contributed by atoms with E-state index in [1.165, 1.54) is 24.3 Å². The van der Waals surface area contributed by atoms with E-state index in [1.54, 1.807) is 60.7 Å². The predicted octanol–water partition coefficient (Wildman–Crippen LogP) is 5.78. The molecule has 780 valence electrons. The van der Waals surface area contributed by atoms with Crippen LogP contribution in [0.5, 0.6) is 5.75 Å². The number of likely N-dealkylation sites (N-methyl/N-ethyl adjacent to an activating group) is 1. The number of Topliss-reactive ketones (excluding diaryl/α,β-unsaturated/α-hetero) is 2. The number of benzene rings is 3. The van der Waals surface area contributed by atoms with Gasteiger partial charge in [-0.1, -0.05) is 93.4 Å². The Morgan fingerprint density at radius 1 is 0.559 bits per heavy atom. The maximum Gasteiger partial charge on any atom is 0.327 e. The van der Waals surface area contributed by atoms with Crippen molar-refractivity contribution in [2.45, 2.75) is 248 Å². The van der Waals surface area contributed by atoms with Crippen molar-refractivity contribution in [3.63, 3.8) is 0 Å². The normalized spacial score (nSPS) is 21.7. The highest BCUT2D eigenvalue weighted by molar-refractivity contribution is 7.85. The Hall–Kier alpha value is -14.2. The van der Waals surface area contributed by atoms with Gasteiger partial charge in [-0.25, -0.2) is 9.56 Å². The molecule has 0 unspecified atom stereocenters. The number of carbonyl (C=O) groups excluding carboxylic acids is 12. The molecule has 41 heteroatoms. The minimum atomic E-state index is -4.53. The summed E-state index contributed by atoms with van der Waals surface area (Å²) >= 11 is 0. The fourth-order valence-electron chi connectivity index (χ4n) is 18.2. The highest BCUT2D eigenvalue weighted by Crippen LogP contribution is 2.45. The number of carbonyl (C=O) groups is 14. The van der Waals surface area contributed by atoms with Crippen molar-refractivity contribution >= 4 is 122 Å². The van der Waals surface area contributed by atoms with Crippen LogP contribution in [-0.4, -0.2) is 241 Å². The third-order valence-corrected chi connectivity index (χ3v) is 27.1. The zero-order chi connectivity index (χ0) is 105. The first-order valence-corrected chi connectivity index (χ1v) is 51.1. The summed E-state index contributed by atoms with van der Waals surface area (Å²) in [6, 6.07) is 19.3. The van der Waals surface area contributed by atoms with E-state index in [1.807, 2.05) is 48.8 Å². The second-order valence-corrected chi connectivity index (χ2v) is 40.7. The maximum absolute atomic E-state index is 14.4. The third kappa shape index (κ3) is 35.1. The third-order valence-electron chi connectivity index (χ3n) is 26.3. The summed E-state index contributed by atoms with van der Waals surface area (Å²) in [7, 11) is -0.295. The Morgan fingerprint density at radius 3 is 1.70 bits per heavy atom. The number of nitrogens with zero attached hydrogens (tertiary/aromatic N) is 5. The highest BCUT2D eigenvalue weighted by Gasteiger charge is 2.45. The van der Waals surface area contributed by atoms with E-state index in [0.29, 0.717) is 118 Å². The molecule has 1 aromatic heterocycles. The first-order valence-electron chi connectivity index (χ1n) is 49.6. The van der Waals surface area contributed by atoms with Gasteiger partial charge in [0, 0.05) is 99.0 Å². The monoisotopic (exact) mass is 2020 g/mol. The topological polar surface area (TPSA) is 607 Å². The minimum Gasteiger partial charge on any atom is -0.481 e. The minimum absolute atomic E-state index is 0.0144. The number of aryl methyl sites for hydroxylation is 1. The van der Waals surface area contributed by atoms with E-state index in [2.05, 4.69) is 122 Å². The van der Waals surface area contributed by atoms with Crippen LogP contribution >= 0.6 is 0 Å². The fraction of sp³-hybridized carbons (Fsp3) is 0.490. The number of ether oxygens (including phenoxy) is 1. The van der Waals surface area contributed by atoms with Crippen molar-refractivity contribution in [1.82, 2.24) is 63.4 Å². The van der Waals surface area contributed by atoms with Crippen LogP contribution in [0.4, 0.5) is 5.82 Å². The van der Waals surface area contributed by atoms with Crippen LogP contribution in [0.3, 0.4) is 0 Å². The number of hydrogen-bond donors (Lipinski definition) is 18. The van der Waals surface area contributed by atoms with Crippen molar-refractivity contribution in [2.75, 3.05) is 66.5 Å². The summed E-state index contributed by atoms with van der Waals surface area (Å²) in [5.41, 5.74) is 16.5. The molecule has 40 nitrogen and oxygen atoms in total. The van der Waals surface area contributed by atoms with E-state index >= 15 is 0 Å². The number of unbranched alkanes of at least 4 members (excludes halogenated alkanes) is 7. The lowest BCUT2D eigenvalue weighted by atomic mass is 9.81. The fourth-order valence-corrected chi connectivity index (χ4v) is 18.7. The van der Waals surface area contributed by atoms with Crippen molar-refractivity contribution < 1.29 is 104 Å². The molecule has 145 heavy (non-hydrogen) atoms. The Kier molecular flexibility index (Phi) is 41.9. The number of guanidine groups is 1. The van der Waals surface area contributed by atoms with E-state index in [-0.39, 0.29) is 112 Å². The number of nitrogens with two attached hydrogens (primary N) is 2. The first-order chi connectivity index (χ1) is 69.0. The number of amides is 10. The molecule has 0 saturated carbocycles. The molecule has 8 atom stereocenters. The first kappa shape index (κ1) is 113. The molecule has 2 saturated heterocycles. The number of aliphatic carboxylic acids is 2. The summed E-state index contributed by atoms with van der Waals surface area (Å²) in [5.74, 6) is -11.0. The number of quaternary nitrogens is 1. The molecule has 0 radical (unpaired) electrons. The van der Waals surface area contributed by atoms with Gasteiger partial charge in [0.2, 0.25) is 59.1 Å². The number of ketones is 2. The van der Waals surface area contributed by atoms with E-state index in [4.69, 9.17) is 37.0 Å². The molecule has 0 aliphatic carbocycles. The van der Waals surface area contributed by atoms with Gasteiger partial charge in [-0.15, -0.1) is 0 Å². The van der Waals surface area contributed by atoms with Crippen LogP contribution in [0.2, 0.25) is 0 Å². The second kappa shape index (κ2) is 53.9. The molecule has 2 fully saturated rings. The van der Waals surface area contributed by atoms with Crippen LogP contribution < -0.4 is 79.3 Å². The number of aliphatic imine (C=N–C) groups is 2. The number of hydrogen-bond acceptors (Lipinski definition) is 22. The summed E-state index contributed by atoms with van der Waals surface area (Å²) in [5, 5.41) is 64.3. The molecule has 6 aliphatic rings. The van der Waals surface area contributed by atoms with Gasteiger partial charge in [0.1, 0.15) is 60.6 Å². The average molecular weight is 2020 g/mol. The van der Waals surface area contributed by atoms with Crippen LogP contribution in [0.25, 0.3) is 0 Å². The van der Waals surface area contributed by atoms with Crippen molar-refractivity contribution in [3.05, 3.63) is 191 Å². The lowest BCUT2D eigenvalue weighted by molar-refractivity contribution is -0.882. The molecule has 0 spiro atoms. The van der Waals surface area contributed by atoms with Gasteiger partial charge in [0.05, 0.1) is 92.1 Å². The summed E-state index contributed by atoms with van der Waals surface area (Å²) in [6.45, 7) is 10.1. The zero-order valence-electron chi connectivity index (χ0n) is 83.3. The number of nitrogens with one attached hydrogen (secondary N) is 13. The number of allylic oxidation sites excluding steroid dienone is 6. The maximum atomic E-state index is 14.4. The second-order valence-electron chi connectivity index (χ2n) is 39.3. The Balaban J connectivity index is 0.748. The Morgan fingerprint density at radius 2 is 1.10 bits per heavy atom. The Bertz CT molecular complexity index is 5790. The highest BCUT2D eigenvalue weighted by atomic mass is 32.2. The van der Waals surface area contributed by atoms with E-state index in [0.717, 1.165) is 58.2 Å². The number of fused-ring (bicyclic) bond motifs is 2. The summed E-state index contributed by atoms with van der Waals surface area (Å²) in [6.07, 6.45) is 20.8. The lowest BCUT2D eigenvalue weighted by Crippen LogP contribution is -2.57. The number of rotatable bonds is 45. The quantitative estimate of drug-likeness (QED) is 0.00623. The van der Waals surface area contributed by atoms with Gasteiger partial charge in [-0.05, 0) is 199 Å². The summed E-state index contributed by atoms with van der Waals surface area (Å²) < 4.78 is 43.9. The smallest absolute Gasteiger partial charge is 0.327 e. The van der Waals surface area contributed by atoms with Gasteiger partial charge in [0.15, 0.2) is 23.2 Å². The van der Waals surface area contributed by atoms with Gasteiger partial charge in [-0.2, -0.15) is 8.42 Å². The SMILES string of the molecule is CC1(C)C2=CC=CN(CCCCCC(=O)NCCCC[C@@H]3NC(=O)[C@@H](Cc4ccccc4)NC(=O)[C@H](CC(=O)O)CC(=O)CNC(=O)[C@H](CCCCC(=N)N)NC3=O)C2=N/C1=C/C=C1\C[N+](C)(C)CC(/C=C/C2=Nc3c(ccc[n+]3CCCCCC(=O)NCCCC[C@H]3NC(=O)[C@H](Cc4ccccc4)CC(=O)[C@@H](CC(=O)O)NC(=O)CNC(=O)[C@@H](CCCNC(=N)N)NC3=O)C2(C)C)=C1Oc1ccc(S(=O)(=O)O)cc1. The van der Waals surface area contributed by atoms with Crippen molar-refractivity contribution in [2.24, 2.45) is 38.7 Å². The number of amidine groups is 2. The molecule has 4 aromatic rings. The molecule has 3 aromatic carbocycles. The van der Waals surface area contributed by atoms with E-state index < -0.39 is 179 Å². The standard InChI is InChI=1S/C104H138N20O20S/c1-103(2)75-32-26-54-122(52-23-9-15-39-87(127)109-49-21-19-35-79-99(138)117-78(37-25-51-111-102(107)108)98(137)113-63-89(129)114-81(61-91(132)133)83(126)59-70(95(134)115-79)56-66-28-11-7-12-29-66)93(75)120-84(103)47-41-68-64-124(5,6)65-69(92(68)144-73-43-45-74(46-44-73)145(141,142)143)42-48-85-104(3,4)76-33-27-55-123(94(76)121-85)53-24-10-16-40-88(128)110-50-22-20-36-80-100(139)116-77(34-17-18-38-86(105)106)97(136)112-62-72(125)58-71(60-90(130)131)96(135)119-82(101(140)118-80)57-67-30-13-8-14-31-67/h7-8,11-14,26-33,41-48,54-55,70-71,77-82H,9-10,15-25,34-40,49-53,56-65H2,1-6H3,(H18-2,105,106,107,108,109,110,111,112,113,114,115,116,117,118,119,127,128,129,130,131,132,133,134,135,136,137,138,139,140,141,142,143)/p+2/t70-,71+,77+,78-,79-,80+,81-,82-/m1/s1. The number of aromatic nitrogens is 1. The predicted molar refractivity (Wildman–Crippen MR) is 542 cm³/mol. The average Bonchev–Trinajstić information content (AvgIpc) is 1.61. The Labute approximate surface area is 845 Å². The van der Waals surface area contributed by atoms with Gasteiger partial charge >= 0.3 is 17.8 Å². The zero-order valence-corrected chi connectivity index (χ0v) is 84.1. The van der Waals surface area contributed by atoms with E-state index in [9.17, 15) is 90.3 Å². The summed E-state index contributed by atoms with van der Waals surface area (Å²) in [4.78, 5) is 202. The number of pyridine rings is 1. The lowest BCUT2D eigenvalue weighted by Gasteiger charge is -2.36. The molecule has 20 N–H and O–H groups in total. The van der Waals surface area contributed by atoms with Crippen LogP contribution in [0, 0.1) is 28.1 Å². The van der Waals surface area contributed by atoms with Crippen LogP contribution in [0.15, 0.2) is 189 Å². The molecule has 6 aliphatic heterocycles. The number of carboxylic acid groups (broad SMARTS) is 2. The van der Waals surface area contributed by atoms with Gasteiger partial charge in [0.25, 0.3) is 10.1 Å². The molecule has 10 rings (SSSR count). The van der Waals surface area contributed by atoms with Gasteiger partial charge in [-0.3, -0.25) is 82.5 Å². The number of carboxylic acids is 2. The van der Waals surface area contributed by atoms with Gasteiger partial charge < -0.3 is 94.3 Å². The molecule has 7 heterocycles. The largest absolute Gasteiger partial charge is 0.481 e. The molecule has 10 amide bonds. The van der Waals surface area contributed by atoms with Crippen molar-refractivity contribution in [3.8, 4) is 5.75 Å². The molecular weight excluding hydrogens is 1880 g/mol. The molecular formula is C104H140N20O20S+2. The van der Waals surface area contributed by atoms with Crippen LogP contribution in [-0.2, 0) is 102 Å².